The number of amides is 1. The second kappa shape index (κ2) is 6.00. The lowest BCUT2D eigenvalue weighted by molar-refractivity contribution is 0.0901. The summed E-state index contributed by atoms with van der Waals surface area (Å²) in [4.78, 5) is 20.5. The van der Waals surface area contributed by atoms with Gasteiger partial charge in [-0.05, 0) is 38.0 Å². The number of ether oxygens (including phenoxy) is 1. The van der Waals surface area contributed by atoms with Gasteiger partial charge in [-0.2, -0.15) is 4.98 Å². The molecule has 0 aromatic carbocycles. The Labute approximate surface area is 137 Å². The lowest BCUT2D eigenvalue weighted by atomic mass is 10.0. The number of pyridine rings is 1. The monoisotopic (exact) mass is 334 g/mol. The highest BCUT2D eigenvalue weighted by molar-refractivity contribution is 6.31. The standard InChI is InChI=1S/C15H15ClN4O3/c1-15(2,14-17-8-23-20-14)19-12(21)11-6-5-10(16)13(18-11)22-7-9-3-4-9/h3,5-6,8H,4,7H2,1-2H3,(H,19,21). The molecular weight excluding hydrogens is 320 g/mol. The van der Waals surface area contributed by atoms with Crippen LogP contribution < -0.4 is 10.1 Å². The fourth-order valence-electron chi connectivity index (χ4n) is 1.85. The van der Waals surface area contributed by atoms with Crippen LogP contribution in [0.15, 0.2) is 34.7 Å². The summed E-state index contributed by atoms with van der Waals surface area (Å²) in [5, 5.41) is 6.91. The average Bonchev–Trinajstić information content (AvgIpc) is 3.15. The van der Waals surface area contributed by atoms with Gasteiger partial charge in [0, 0.05) is 0 Å². The van der Waals surface area contributed by atoms with Gasteiger partial charge in [0.1, 0.15) is 17.3 Å². The van der Waals surface area contributed by atoms with Crippen molar-refractivity contribution in [2.75, 3.05) is 6.61 Å². The number of carbonyl (C=O) groups is 1. The fraction of sp³-hybridized carbons (Fsp3) is 0.333. The molecule has 1 N–H and O–H groups in total. The van der Waals surface area contributed by atoms with Crippen LogP contribution in [-0.4, -0.2) is 27.6 Å². The van der Waals surface area contributed by atoms with Crippen LogP contribution >= 0.6 is 11.6 Å². The van der Waals surface area contributed by atoms with Gasteiger partial charge in [-0.1, -0.05) is 22.8 Å². The van der Waals surface area contributed by atoms with E-state index in [9.17, 15) is 4.79 Å². The molecule has 7 nitrogen and oxygen atoms in total. The van der Waals surface area contributed by atoms with Crippen LogP contribution in [0.1, 0.15) is 36.6 Å². The number of aromatic nitrogens is 3. The maximum Gasteiger partial charge on any atom is 0.270 e. The van der Waals surface area contributed by atoms with Crippen molar-refractivity contribution < 1.29 is 14.1 Å². The number of allylic oxidation sites excluding steroid dienone is 1. The molecule has 0 spiro atoms. The van der Waals surface area contributed by atoms with E-state index >= 15 is 0 Å². The molecule has 3 rings (SSSR count). The molecule has 120 valence electrons. The molecule has 0 bridgehead atoms. The minimum absolute atomic E-state index is 0.200. The molecule has 0 unspecified atom stereocenters. The summed E-state index contributed by atoms with van der Waals surface area (Å²) in [6.45, 7) is 3.97. The van der Waals surface area contributed by atoms with Crippen molar-refractivity contribution in [3.8, 4) is 5.88 Å². The van der Waals surface area contributed by atoms with E-state index in [4.69, 9.17) is 20.9 Å². The quantitative estimate of drug-likeness (QED) is 0.816. The molecule has 0 atom stereocenters. The molecule has 1 aliphatic rings. The maximum atomic E-state index is 12.4. The summed E-state index contributed by atoms with van der Waals surface area (Å²) in [5.41, 5.74) is 0.590. The number of nitrogens with zero attached hydrogens (tertiary/aromatic N) is 3. The summed E-state index contributed by atoms with van der Waals surface area (Å²) in [5.74, 6) is 0.230. The first kappa shape index (κ1) is 15.5. The zero-order valence-electron chi connectivity index (χ0n) is 12.7. The van der Waals surface area contributed by atoms with Gasteiger partial charge in [0.2, 0.25) is 12.3 Å². The first-order chi connectivity index (χ1) is 11.0. The summed E-state index contributed by atoms with van der Waals surface area (Å²) < 4.78 is 10.2. The molecule has 1 aliphatic carbocycles. The molecular formula is C15H15ClN4O3. The minimum Gasteiger partial charge on any atom is -0.472 e. The Morgan fingerprint density at radius 2 is 2.26 bits per heavy atom. The van der Waals surface area contributed by atoms with Gasteiger partial charge in [0.15, 0.2) is 5.82 Å². The lowest BCUT2D eigenvalue weighted by Gasteiger charge is -2.22. The van der Waals surface area contributed by atoms with Crippen molar-refractivity contribution in [2.45, 2.75) is 25.8 Å². The predicted molar refractivity (Wildman–Crippen MR) is 82.2 cm³/mol. The molecule has 2 aromatic rings. The van der Waals surface area contributed by atoms with Crippen LogP contribution in [-0.2, 0) is 5.54 Å². The van der Waals surface area contributed by atoms with E-state index in [2.05, 4.69) is 26.5 Å². The normalized spacial score (nSPS) is 13.4. The van der Waals surface area contributed by atoms with Gasteiger partial charge in [-0.3, -0.25) is 4.79 Å². The molecule has 8 heteroatoms. The van der Waals surface area contributed by atoms with Gasteiger partial charge in [0.05, 0.1) is 5.54 Å². The number of nitrogens with one attached hydrogen (secondary N) is 1. The molecule has 2 aromatic heterocycles. The van der Waals surface area contributed by atoms with Gasteiger partial charge >= 0.3 is 0 Å². The summed E-state index contributed by atoms with van der Waals surface area (Å²) in [7, 11) is 0. The molecule has 23 heavy (non-hydrogen) atoms. The Balaban J connectivity index is 1.73. The third-order valence-corrected chi connectivity index (χ3v) is 3.57. The molecule has 2 heterocycles. The first-order valence-electron chi connectivity index (χ1n) is 7.02. The first-order valence-corrected chi connectivity index (χ1v) is 7.40. The van der Waals surface area contributed by atoms with Crippen LogP contribution in [0.4, 0.5) is 0 Å². The Morgan fingerprint density at radius 1 is 1.48 bits per heavy atom. The van der Waals surface area contributed by atoms with E-state index in [-0.39, 0.29) is 17.5 Å². The van der Waals surface area contributed by atoms with E-state index < -0.39 is 5.54 Å². The Bertz CT molecular complexity index is 756. The van der Waals surface area contributed by atoms with Crippen molar-refractivity contribution in [3.05, 3.63) is 46.7 Å². The fourth-order valence-corrected chi connectivity index (χ4v) is 2.01. The molecule has 0 fully saturated rings. The van der Waals surface area contributed by atoms with Crippen molar-refractivity contribution in [1.82, 2.24) is 20.4 Å². The van der Waals surface area contributed by atoms with Crippen LogP contribution in [0.25, 0.3) is 0 Å². The SMILES string of the molecule is CC(C)(NC(=O)c1ccc(Cl)c(OCC2=CC2)n1)c1ncon1. The van der Waals surface area contributed by atoms with Crippen molar-refractivity contribution >= 4 is 17.5 Å². The molecule has 0 aliphatic heterocycles. The third-order valence-electron chi connectivity index (χ3n) is 3.28. The molecule has 0 saturated heterocycles. The number of carbonyl (C=O) groups excluding carboxylic acids is 1. The smallest absolute Gasteiger partial charge is 0.270 e. The Hall–Kier alpha value is -2.41. The number of hydrogen-bond donors (Lipinski definition) is 1. The highest BCUT2D eigenvalue weighted by Crippen LogP contribution is 2.25. The summed E-state index contributed by atoms with van der Waals surface area (Å²) in [6, 6.07) is 3.12. The number of hydrogen-bond acceptors (Lipinski definition) is 6. The largest absolute Gasteiger partial charge is 0.472 e. The number of rotatable bonds is 6. The topological polar surface area (TPSA) is 90.1 Å². The summed E-state index contributed by atoms with van der Waals surface area (Å²) >= 11 is 6.05. The van der Waals surface area contributed by atoms with Gasteiger partial charge in [-0.15, -0.1) is 0 Å². The minimum atomic E-state index is -0.800. The molecule has 1 amide bonds. The molecule has 0 saturated carbocycles. The van der Waals surface area contributed by atoms with Gasteiger partial charge in [0.25, 0.3) is 5.91 Å². The Kier molecular flexibility index (Phi) is 4.04. The summed E-state index contributed by atoms with van der Waals surface area (Å²) in [6.07, 6.45) is 4.22. The predicted octanol–water partition coefficient (Wildman–Crippen LogP) is 2.49. The zero-order chi connectivity index (χ0) is 16.4. The highest BCUT2D eigenvalue weighted by Gasteiger charge is 2.28. The Morgan fingerprint density at radius 3 is 2.91 bits per heavy atom. The van der Waals surface area contributed by atoms with E-state index in [0.29, 0.717) is 17.5 Å². The zero-order valence-corrected chi connectivity index (χ0v) is 13.4. The second-order valence-electron chi connectivity index (χ2n) is 5.67. The lowest BCUT2D eigenvalue weighted by Crippen LogP contribution is -2.42. The van der Waals surface area contributed by atoms with Crippen LogP contribution in [0, 0.1) is 0 Å². The highest BCUT2D eigenvalue weighted by atomic mass is 35.5. The second-order valence-corrected chi connectivity index (χ2v) is 6.08. The van der Waals surface area contributed by atoms with Gasteiger partial charge < -0.3 is 14.6 Å². The van der Waals surface area contributed by atoms with Crippen LogP contribution in [0.3, 0.4) is 0 Å². The number of halogens is 1. The van der Waals surface area contributed by atoms with Crippen LogP contribution in [0.2, 0.25) is 5.02 Å². The van der Waals surface area contributed by atoms with E-state index in [1.54, 1.807) is 19.9 Å². The van der Waals surface area contributed by atoms with Gasteiger partial charge in [-0.25, -0.2) is 4.98 Å². The average molecular weight is 335 g/mol. The molecule has 0 radical (unpaired) electrons. The van der Waals surface area contributed by atoms with Crippen molar-refractivity contribution in [1.29, 1.82) is 0 Å². The maximum absolute atomic E-state index is 12.4. The van der Waals surface area contributed by atoms with Crippen LogP contribution in [0.5, 0.6) is 5.88 Å². The van der Waals surface area contributed by atoms with Crippen molar-refractivity contribution in [3.63, 3.8) is 0 Å². The third kappa shape index (κ3) is 3.68. The van der Waals surface area contributed by atoms with E-state index in [1.165, 1.54) is 18.0 Å². The van der Waals surface area contributed by atoms with E-state index in [0.717, 1.165) is 6.42 Å². The van der Waals surface area contributed by atoms with Crippen molar-refractivity contribution in [2.24, 2.45) is 0 Å². The van der Waals surface area contributed by atoms with E-state index in [1.807, 2.05) is 0 Å².